The van der Waals surface area contributed by atoms with Crippen LogP contribution in [0.3, 0.4) is 0 Å². The van der Waals surface area contributed by atoms with E-state index in [0.29, 0.717) is 5.56 Å². The Hall–Kier alpha value is -3.84. The monoisotopic (exact) mass is 476 g/mol. The third-order valence-electron chi connectivity index (χ3n) is 5.35. The first-order chi connectivity index (χ1) is 16.1. The van der Waals surface area contributed by atoms with Gasteiger partial charge in [-0.15, -0.1) is 0 Å². The molecule has 0 radical (unpaired) electrons. The van der Waals surface area contributed by atoms with Gasteiger partial charge in [-0.3, -0.25) is 4.79 Å². The molecule has 0 saturated carbocycles. The molecular weight excluding hydrogens is 456 g/mol. The van der Waals surface area contributed by atoms with E-state index >= 15 is 0 Å². The summed E-state index contributed by atoms with van der Waals surface area (Å²) in [5, 5.41) is 59.9. The molecule has 2 heterocycles. The predicted octanol–water partition coefficient (Wildman–Crippen LogP) is 0.151. The fourth-order valence-electron chi connectivity index (χ4n) is 3.62. The number of aliphatic hydroxyl groups excluding tert-OH is 3. The second-order valence-electron chi connectivity index (χ2n) is 7.46. The van der Waals surface area contributed by atoms with Gasteiger partial charge in [0, 0.05) is 11.6 Å². The van der Waals surface area contributed by atoms with Crippen LogP contribution in [0.15, 0.2) is 45.6 Å². The van der Waals surface area contributed by atoms with Crippen molar-refractivity contribution in [1.29, 1.82) is 0 Å². The van der Waals surface area contributed by atoms with Crippen molar-refractivity contribution in [1.82, 2.24) is 0 Å². The van der Waals surface area contributed by atoms with Gasteiger partial charge in [0.15, 0.2) is 22.9 Å². The van der Waals surface area contributed by atoms with Gasteiger partial charge in [0.1, 0.15) is 29.5 Å². The minimum absolute atomic E-state index is 0.103. The van der Waals surface area contributed by atoms with Gasteiger partial charge in [-0.05, 0) is 0 Å². The number of phenolic OH excluding ortho intramolecular Hbond substituents is 2. The van der Waals surface area contributed by atoms with E-state index in [4.69, 9.17) is 18.6 Å². The van der Waals surface area contributed by atoms with Crippen LogP contribution in [-0.4, -0.2) is 74.4 Å². The van der Waals surface area contributed by atoms with E-state index in [1.54, 1.807) is 30.3 Å². The maximum absolute atomic E-state index is 12.7. The fraction of sp³-hybridized carbons (Fsp3) is 0.273. The van der Waals surface area contributed by atoms with Crippen LogP contribution in [0.1, 0.15) is 0 Å². The van der Waals surface area contributed by atoms with Crippen molar-refractivity contribution in [3.63, 3.8) is 0 Å². The highest BCUT2D eigenvalue weighted by atomic mass is 16.7. The Balaban J connectivity index is 1.87. The molecule has 12 nitrogen and oxygen atoms in total. The molecule has 34 heavy (non-hydrogen) atoms. The Morgan fingerprint density at radius 1 is 0.971 bits per heavy atom. The van der Waals surface area contributed by atoms with Crippen LogP contribution in [0.2, 0.25) is 0 Å². The van der Waals surface area contributed by atoms with E-state index in [0.717, 1.165) is 13.2 Å². The molecule has 12 heteroatoms. The smallest absolute Gasteiger partial charge is 0.335 e. The highest BCUT2D eigenvalue weighted by molar-refractivity contribution is 5.95. The van der Waals surface area contributed by atoms with Gasteiger partial charge < -0.3 is 49.3 Å². The van der Waals surface area contributed by atoms with Crippen molar-refractivity contribution < 1.29 is 54.1 Å². The number of carboxylic acid groups (broad SMARTS) is 1. The molecule has 2 aromatic carbocycles. The summed E-state index contributed by atoms with van der Waals surface area (Å²) in [5.41, 5.74) is -0.512. The van der Waals surface area contributed by atoms with Gasteiger partial charge in [-0.25, -0.2) is 4.79 Å². The zero-order valence-corrected chi connectivity index (χ0v) is 17.5. The summed E-state index contributed by atoms with van der Waals surface area (Å²) >= 11 is 0. The van der Waals surface area contributed by atoms with E-state index in [1.165, 1.54) is 0 Å². The summed E-state index contributed by atoms with van der Waals surface area (Å²) in [5.74, 6) is -4.53. The van der Waals surface area contributed by atoms with E-state index < -0.39 is 64.7 Å². The second-order valence-corrected chi connectivity index (χ2v) is 7.46. The molecule has 6 N–H and O–H groups in total. The summed E-state index contributed by atoms with van der Waals surface area (Å²) in [6.45, 7) is 0. The summed E-state index contributed by atoms with van der Waals surface area (Å²) in [6, 6.07) is 9.61. The number of phenols is 2. The maximum Gasteiger partial charge on any atom is 0.335 e. The lowest BCUT2D eigenvalue weighted by Gasteiger charge is -2.38. The quantitative estimate of drug-likeness (QED) is 0.273. The number of fused-ring (bicyclic) bond motifs is 1. The number of aromatic hydroxyl groups is 2. The minimum atomic E-state index is -1.98. The zero-order valence-electron chi connectivity index (χ0n) is 17.5. The number of methoxy groups -OCH3 is 1. The van der Waals surface area contributed by atoms with Crippen LogP contribution in [0, 0.1) is 0 Å². The van der Waals surface area contributed by atoms with Gasteiger partial charge in [0.25, 0.3) is 0 Å². The van der Waals surface area contributed by atoms with Gasteiger partial charge in [-0.1, -0.05) is 30.3 Å². The molecule has 5 unspecified atom stereocenters. The number of carbonyl (C=O) groups is 1. The Morgan fingerprint density at radius 2 is 1.65 bits per heavy atom. The van der Waals surface area contributed by atoms with Crippen molar-refractivity contribution >= 4 is 16.9 Å². The van der Waals surface area contributed by atoms with E-state index in [9.17, 15) is 40.2 Å². The normalized spacial score (nSPS) is 24.6. The lowest BCUT2D eigenvalue weighted by Crippen LogP contribution is -2.61. The first-order valence-corrected chi connectivity index (χ1v) is 9.90. The average molecular weight is 476 g/mol. The Bertz CT molecular complexity index is 1280. The van der Waals surface area contributed by atoms with Gasteiger partial charge in [-0.2, -0.15) is 0 Å². The van der Waals surface area contributed by atoms with Gasteiger partial charge in [0.2, 0.25) is 23.5 Å². The van der Waals surface area contributed by atoms with Crippen LogP contribution < -0.4 is 14.9 Å². The molecule has 0 aliphatic carbocycles. The maximum atomic E-state index is 12.7. The summed E-state index contributed by atoms with van der Waals surface area (Å²) in [7, 11) is 1.14. The lowest BCUT2D eigenvalue weighted by atomic mass is 9.99. The molecule has 1 fully saturated rings. The van der Waals surface area contributed by atoms with Crippen molar-refractivity contribution in [2.24, 2.45) is 0 Å². The molecule has 180 valence electrons. The highest BCUT2D eigenvalue weighted by Gasteiger charge is 2.48. The molecular formula is C22H20O12. The molecule has 4 rings (SSSR count). The van der Waals surface area contributed by atoms with Crippen LogP contribution in [0.5, 0.6) is 23.0 Å². The van der Waals surface area contributed by atoms with Crippen molar-refractivity contribution in [3.8, 4) is 34.3 Å². The van der Waals surface area contributed by atoms with Crippen LogP contribution in [0.4, 0.5) is 0 Å². The van der Waals surface area contributed by atoms with Crippen molar-refractivity contribution in [2.75, 3.05) is 7.11 Å². The number of benzene rings is 2. The van der Waals surface area contributed by atoms with Crippen molar-refractivity contribution in [2.45, 2.75) is 30.7 Å². The third kappa shape index (κ3) is 3.78. The molecule has 0 bridgehead atoms. The lowest BCUT2D eigenvalue weighted by molar-refractivity contribution is -0.271. The molecule has 0 spiro atoms. The summed E-state index contributed by atoms with van der Waals surface area (Å²) < 4.78 is 21.5. The first kappa shape index (κ1) is 23.3. The van der Waals surface area contributed by atoms with Gasteiger partial charge in [0.05, 0.1) is 7.11 Å². The number of aliphatic carboxylic acids is 1. The molecule has 1 aliphatic heterocycles. The molecule has 0 amide bonds. The second kappa shape index (κ2) is 8.83. The molecule has 1 aliphatic rings. The first-order valence-electron chi connectivity index (χ1n) is 9.90. The molecule has 1 saturated heterocycles. The summed E-state index contributed by atoms with van der Waals surface area (Å²) in [4.78, 5) is 24.1. The van der Waals surface area contributed by atoms with Gasteiger partial charge >= 0.3 is 5.97 Å². The number of rotatable bonds is 5. The molecule has 1 aromatic heterocycles. The molecule has 5 atom stereocenters. The number of ether oxygens (including phenoxy) is 3. The van der Waals surface area contributed by atoms with E-state index in [-0.39, 0.29) is 17.1 Å². The fourth-order valence-corrected chi connectivity index (χ4v) is 3.62. The standard InChI is InChI=1S/C22H20O12/c1-31-20-17-11(9(23)7-10(32-17)8-5-3-2-4-6-8)12(24)14(26)18(20)33-22-16(28)13(25)15(27)19(34-22)21(29)30/h2-7,13,15-16,19,22,24-28H,1H3,(H,29,30). The van der Waals surface area contributed by atoms with E-state index in [1.807, 2.05) is 0 Å². The van der Waals surface area contributed by atoms with Crippen LogP contribution >= 0.6 is 0 Å². The number of hydrogen-bond donors (Lipinski definition) is 6. The number of aliphatic hydroxyl groups is 3. The largest absolute Gasteiger partial charge is 0.504 e. The third-order valence-corrected chi connectivity index (χ3v) is 5.35. The minimum Gasteiger partial charge on any atom is -0.504 e. The van der Waals surface area contributed by atoms with Crippen LogP contribution in [-0.2, 0) is 9.53 Å². The van der Waals surface area contributed by atoms with Crippen LogP contribution in [0.25, 0.3) is 22.3 Å². The molecule has 3 aromatic rings. The average Bonchev–Trinajstić information content (AvgIpc) is 2.82. The van der Waals surface area contributed by atoms with Crippen molar-refractivity contribution in [3.05, 3.63) is 46.6 Å². The Morgan fingerprint density at radius 3 is 2.26 bits per heavy atom. The van der Waals surface area contributed by atoms with E-state index in [2.05, 4.69) is 0 Å². The summed E-state index contributed by atoms with van der Waals surface area (Å²) in [6.07, 6.45) is -9.83. The SMILES string of the molecule is COc1c(OC2OC(C(=O)O)C(O)C(O)C2O)c(O)c(O)c2c(=O)cc(-c3ccccc3)oc12. The zero-order chi connectivity index (χ0) is 24.7. The topological polar surface area (TPSA) is 196 Å². The Kier molecular flexibility index (Phi) is 6.06. The Labute approximate surface area is 190 Å². The highest BCUT2D eigenvalue weighted by Crippen LogP contribution is 2.50. The number of hydrogen-bond acceptors (Lipinski definition) is 11. The number of carboxylic acids is 1. The predicted molar refractivity (Wildman–Crippen MR) is 113 cm³/mol.